The van der Waals surface area contributed by atoms with Gasteiger partial charge >= 0.3 is 5.97 Å². The summed E-state index contributed by atoms with van der Waals surface area (Å²) >= 11 is 0. The van der Waals surface area contributed by atoms with Crippen LogP contribution in [0.3, 0.4) is 0 Å². The molecule has 0 atom stereocenters. The highest BCUT2D eigenvalue weighted by Gasteiger charge is 2.08. The molecule has 0 unspecified atom stereocenters. The van der Waals surface area contributed by atoms with Crippen LogP contribution in [-0.4, -0.2) is 5.97 Å². The molecule has 2 aromatic rings. The third-order valence-corrected chi connectivity index (χ3v) is 4.96. The van der Waals surface area contributed by atoms with E-state index in [4.69, 9.17) is 4.74 Å². The molecule has 2 heteroatoms. The zero-order valence-corrected chi connectivity index (χ0v) is 16.8. The highest BCUT2D eigenvalue weighted by Crippen LogP contribution is 2.15. The molecule has 0 aliphatic heterocycles. The van der Waals surface area contributed by atoms with E-state index < -0.39 is 0 Å². The molecule has 0 saturated carbocycles. The van der Waals surface area contributed by atoms with Gasteiger partial charge in [-0.25, -0.2) is 4.79 Å². The zero-order valence-electron chi connectivity index (χ0n) is 16.8. The molecule has 0 heterocycles. The fourth-order valence-electron chi connectivity index (χ4n) is 3.28. The molecule has 2 rings (SSSR count). The molecular weight excluding hydrogens is 332 g/mol. The minimum Gasteiger partial charge on any atom is -0.423 e. The van der Waals surface area contributed by atoms with E-state index in [2.05, 4.69) is 19.1 Å². The molecule has 0 bridgehead atoms. The van der Waals surface area contributed by atoms with Crippen molar-refractivity contribution in [3.63, 3.8) is 0 Å². The first-order valence-electron chi connectivity index (χ1n) is 10.7. The number of carbonyl (C=O) groups excluding carboxylic acids is 1. The second-order valence-corrected chi connectivity index (χ2v) is 7.33. The number of para-hydroxylation sites is 1. The summed E-state index contributed by atoms with van der Waals surface area (Å²) in [5.41, 5.74) is 1.90. The fraction of sp³-hybridized carbons (Fsp3) is 0.480. The Morgan fingerprint density at radius 2 is 1.26 bits per heavy atom. The third-order valence-electron chi connectivity index (χ3n) is 4.96. The lowest BCUT2D eigenvalue weighted by atomic mass is 10.0. The number of hydrogen-bond acceptors (Lipinski definition) is 2. The smallest absolute Gasteiger partial charge is 0.343 e. The summed E-state index contributed by atoms with van der Waals surface area (Å²) in [6.07, 6.45) is 14.7. The molecule has 0 N–H and O–H groups in total. The van der Waals surface area contributed by atoms with Gasteiger partial charge in [0.15, 0.2) is 0 Å². The van der Waals surface area contributed by atoms with Gasteiger partial charge in [-0.05, 0) is 42.7 Å². The second kappa shape index (κ2) is 13.1. The maximum absolute atomic E-state index is 12.1. The minimum absolute atomic E-state index is 0.299. The van der Waals surface area contributed by atoms with E-state index in [1.165, 1.54) is 69.8 Å². The van der Waals surface area contributed by atoms with Crippen molar-refractivity contribution in [1.82, 2.24) is 0 Å². The van der Waals surface area contributed by atoms with Gasteiger partial charge in [0, 0.05) is 0 Å². The quantitative estimate of drug-likeness (QED) is 0.210. The normalized spacial score (nSPS) is 10.7. The average molecular weight is 367 g/mol. The van der Waals surface area contributed by atoms with Crippen LogP contribution in [0, 0.1) is 0 Å². The SMILES string of the molecule is CCCCCCCCCCCCc1ccc(C(=O)Oc2ccccc2)cc1. The number of hydrogen-bond donors (Lipinski definition) is 0. The Labute approximate surface area is 165 Å². The van der Waals surface area contributed by atoms with E-state index in [-0.39, 0.29) is 5.97 Å². The average Bonchev–Trinajstić information content (AvgIpc) is 2.70. The van der Waals surface area contributed by atoms with Gasteiger partial charge in [0.25, 0.3) is 0 Å². The summed E-state index contributed by atoms with van der Waals surface area (Å²) in [5, 5.41) is 0. The van der Waals surface area contributed by atoms with Crippen molar-refractivity contribution >= 4 is 5.97 Å². The maximum Gasteiger partial charge on any atom is 0.343 e. The monoisotopic (exact) mass is 366 g/mol. The molecular formula is C25H34O2. The summed E-state index contributed by atoms with van der Waals surface area (Å²) in [6, 6.07) is 17.0. The summed E-state index contributed by atoms with van der Waals surface area (Å²) in [6.45, 7) is 2.27. The number of ether oxygens (including phenoxy) is 1. The topological polar surface area (TPSA) is 26.3 Å². The predicted molar refractivity (Wildman–Crippen MR) is 113 cm³/mol. The van der Waals surface area contributed by atoms with Crippen molar-refractivity contribution in [2.45, 2.75) is 77.6 Å². The number of aryl methyl sites for hydroxylation is 1. The van der Waals surface area contributed by atoms with Crippen LogP contribution in [0.2, 0.25) is 0 Å². The van der Waals surface area contributed by atoms with Crippen LogP contribution in [0.4, 0.5) is 0 Å². The third kappa shape index (κ3) is 8.90. The van der Waals surface area contributed by atoms with E-state index in [0.29, 0.717) is 11.3 Å². The van der Waals surface area contributed by atoms with Gasteiger partial charge in [-0.1, -0.05) is 95.0 Å². The summed E-state index contributed by atoms with van der Waals surface area (Å²) < 4.78 is 5.37. The van der Waals surface area contributed by atoms with Gasteiger partial charge in [-0.15, -0.1) is 0 Å². The Bertz CT molecular complexity index is 631. The minimum atomic E-state index is -0.299. The van der Waals surface area contributed by atoms with Crippen LogP contribution in [0.1, 0.15) is 87.1 Å². The molecule has 0 spiro atoms. The fourth-order valence-corrected chi connectivity index (χ4v) is 3.28. The number of rotatable bonds is 13. The van der Waals surface area contributed by atoms with Crippen molar-refractivity contribution in [2.24, 2.45) is 0 Å². The standard InChI is InChI=1S/C25H34O2/c1-2-3-4-5-6-7-8-9-10-12-15-22-18-20-23(21-19-22)25(26)27-24-16-13-11-14-17-24/h11,13-14,16-21H,2-10,12,15H2,1H3. The highest BCUT2D eigenvalue weighted by atomic mass is 16.5. The van der Waals surface area contributed by atoms with Crippen molar-refractivity contribution in [3.8, 4) is 5.75 Å². The molecule has 0 aromatic heterocycles. The molecule has 2 nitrogen and oxygen atoms in total. The van der Waals surface area contributed by atoms with Crippen LogP contribution in [0.25, 0.3) is 0 Å². The lowest BCUT2D eigenvalue weighted by Crippen LogP contribution is -2.08. The first kappa shape index (κ1) is 21.2. The molecule has 0 aliphatic rings. The Morgan fingerprint density at radius 1 is 0.704 bits per heavy atom. The highest BCUT2D eigenvalue weighted by molar-refractivity contribution is 5.91. The van der Waals surface area contributed by atoms with Crippen LogP contribution in [0.5, 0.6) is 5.75 Å². The Hall–Kier alpha value is -2.09. The number of esters is 1. The first-order valence-corrected chi connectivity index (χ1v) is 10.7. The Morgan fingerprint density at radius 3 is 1.85 bits per heavy atom. The summed E-state index contributed by atoms with van der Waals surface area (Å²) in [7, 11) is 0. The van der Waals surface area contributed by atoms with Gasteiger partial charge in [0.1, 0.15) is 5.75 Å². The van der Waals surface area contributed by atoms with Crippen LogP contribution < -0.4 is 4.74 Å². The zero-order chi connectivity index (χ0) is 19.2. The predicted octanol–water partition coefficient (Wildman–Crippen LogP) is 7.37. The van der Waals surface area contributed by atoms with Crippen molar-refractivity contribution in [3.05, 3.63) is 65.7 Å². The molecule has 27 heavy (non-hydrogen) atoms. The van der Waals surface area contributed by atoms with Crippen LogP contribution in [-0.2, 0) is 6.42 Å². The molecule has 146 valence electrons. The molecule has 0 saturated heterocycles. The Kier molecular flexibility index (Phi) is 10.3. The lowest BCUT2D eigenvalue weighted by molar-refractivity contribution is 0.0735. The van der Waals surface area contributed by atoms with E-state index in [9.17, 15) is 4.79 Å². The first-order chi connectivity index (χ1) is 13.3. The molecule has 2 aromatic carbocycles. The molecule has 0 fully saturated rings. The van der Waals surface area contributed by atoms with Gasteiger partial charge < -0.3 is 4.74 Å². The van der Waals surface area contributed by atoms with E-state index in [1.54, 1.807) is 12.1 Å². The summed E-state index contributed by atoms with van der Waals surface area (Å²) in [4.78, 5) is 12.1. The number of unbranched alkanes of at least 4 members (excludes halogenated alkanes) is 9. The van der Waals surface area contributed by atoms with Gasteiger partial charge in [-0.2, -0.15) is 0 Å². The number of benzene rings is 2. The van der Waals surface area contributed by atoms with E-state index in [0.717, 1.165) is 6.42 Å². The maximum atomic E-state index is 12.1. The number of carbonyl (C=O) groups is 1. The van der Waals surface area contributed by atoms with Gasteiger partial charge in [0.2, 0.25) is 0 Å². The molecule has 0 radical (unpaired) electrons. The molecule has 0 aliphatic carbocycles. The summed E-state index contributed by atoms with van der Waals surface area (Å²) in [5.74, 6) is 0.281. The largest absolute Gasteiger partial charge is 0.423 e. The second-order valence-electron chi connectivity index (χ2n) is 7.33. The van der Waals surface area contributed by atoms with Crippen LogP contribution in [0.15, 0.2) is 54.6 Å². The van der Waals surface area contributed by atoms with E-state index >= 15 is 0 Å². The molecule has 0 amide bonds. The van der Waals surface area contributed by atoms with Gasteiger partial charge in [-0.3, -0.25) is 0 Å². The van der Waals surface area contributed by atoms with Crippen molar-refractivity contribution in [2.75, 3.05) is 0 Å². The van der Waals surface area contributed by atoms with Crippen molar-refractivity contribution < 1.29 is 9.53 Å². The van der Waals surface area contributed by atoms with Crippen molar-refractivity contribution in [1.29, 1.82) is 0 Å². The lowest BCUT2D eigenvalue weighted by Gasteiger charge is -2.06. The van der Waals surface area contributed by atoms with Gasteiger partial charge in [0.05, 0.1) is 5.56 Å². The van der Waals surface area contributed by atoms with E-state index in [1.807, 2.05) is 30.3 Å². The Balaban J connectivity index is 1.58. The van der Waals surface area contributed by atoms with Crippen LogP contribution >= 0.6 is 0 Å².